The highest BCUT2D eigenvalue weighted by Crippen LogP contribution is 2.39. The van der Waals surface area contributed by atoms with Crippen LogP contribution in [0.2, 0.25) is 0 Å². The lowest BCUT2D eigenvalue weighted by Gasteiger charge is -2.12. The lowest BCUT2D eigenvalue weighted by molar-refractivity contribution is 0.481. The zero-order chi connectivity index (χ0) is 22.2. The van der Waals surface area contributed by atoms with Crippen LogP contribution in [-0.2, 0) is 0 Å². The fourth-order valence-corrected chi connectivity index (χ4v) is 5.10. The molecule has 0 radical (unpaired) electrons. The molecular weight excluding hydrogens is 426 g/mol. The summed E-state index contributed by atoms with van der Waals surface area (Å²) in [7, 11) is 0. The van der Waals surface area contributed by atoms with Gasteiger partial charge in [0.05, 0.1) is 5.39 Å². The van der Waals surface area contributed by atoms with Gasteiger partial charge in [-0.05, 0) is 28.8 Å². The third-order valence-corrected chi connectivity index (χ3v) is 6.71. The van der Waals surface area contributed by atoms with Crippen LogP contribution in [0.3, 0.4) is 0 Å². The van der Waals surface area contributed by atoms with Crippen molar-refractivity contribution in [3.8, 4) is 28.0 Å². The lowest BCUT2D eigenvalue weighted by atomic mass is 10.0. The maximum absolute atomic E-state index is 10.2. The first-order valence-electron chi connectivity index (χ1n) is 10.6. The van der Waals surface area contributed by atoms with Crippen molar-refractivity contribution in [3.63, 3.8) is 0 Å². The van der Waals surface area contributed by atoms with Gasteiger partial charge in [-0.15, -0.1) is 11.3 Å². The van der Waals surface area contributed by atoms with Gasteiger partial charge in [0.2, 0.25) is 0 Å². The van der Waals surface area contributed by atoms with Crippen molar-refractivity contribution in [1.82, 2.24) is 9.97 Å². The van der Waals surface area contributed by atoms with Gasteiger partial charge in [-0.2, -0.15) is 0 Å². The molecule has 0 saturated heterocycles. The van der Waals surface area contributed by atoms with Crippen molar-refractivity contribution in [2.45, 2.75) is 0 Å². The summed E-state index contributed by atoms with van der Waals surface area (Å²) in [5, 5.41) is 18.6. The van der Waals surface area contributed by atoms with Crippen LogP contribution in [-0.4, -0.2) is 15.1 Å². The van der Waals surface area contributed by atoms with Crippen molar-refractivity contribution in [1.29, 1.82) is 0 Å². The second-order valence-electron chi connectivity index (χ2n) is 7.80. The minimum atomic E-state index is 0.263. The normalized spacial score (nSPS) is 11.2. The summed E-state index contributed by atoms with van der Waals surface area (Å²) < 4.78 is 0. The summed E-state index contributed by atoms with van der Waals surface area (Å²) in [6.45, 7) is 0. The van der Waals surface area contributed by atoms with Gasteiger partial charge < -0.3 is 10.4 Å². The topological polar surface area (TPSA) is 58.0 Å². The fraction of sp³-hybridized carbons (Fsp3) is 0. The van der Waals surface area contributed by atoms with E-state index in [1.807, 2.05) is 36.4 Å². The molecule has 0 aliphatic rings. The second kappa shape index (κ2) is 8.04. The van der Waals surface area contributed by atoms with Crippen LogP contribution in [0.5, 0.6) is 5.75 Å². The minimum absolute atomic E-state index is 0.263. The van der Waals surface area contributed by atoms with Crippen LogP contribution < -0.4 is 5.32 Å². The molecule has 2 N–H and O–H groups in total. The van der Waals surface area contributed by atoms with Crippen molar-refractivity contribution in [3.05, 3.63) is 103 Å². The molecule has 4 nitrogen and oxygen atoms in total. The fourth-order valence-electron chi connectivity index (χ4n) is 4.19. The number of hydrogen-bond acceptors (Lipinski definition) is 5. The Hall–Kier alpha value is -4.22. The molecule has 2 heterocycles. The number of anilines is 2. The number of phenolic OH excluding ortho intramolecular Hbond substituents is 1. The molecule has 0 aliphatic carbocycles. The molecular formula is C28H19N3OS. The van der Waals surface area contributed by atoms with Gasteiger partial charge in [0.25, 0.3) is 0 Å². The van der Waals surface area contributed by atoms with Gasteiger partial charge in [-0.3, -0.25) is 0 Å². The van der Waals surface area contributed by atoms with Gasteiger partial charge in [-0.1, -0.05) is 78.9 Å². The molecule has 0 bridgehead atoms. The Morgan fingerprint density at radius 1 is 0.667 bits per heavy atom. The Labute approximate surface area is 194 Å². The number of aromatic nitrogens is 2. The van der Waals surface area contributed by atoms with E-state index in [-0.39, 0.29) is 5.75 Å². The van der Waals surface area contributed by atoms with Gasteiger partial charge in [-0.25, -0.2) is 9.97 Å². The average Bonchev–Trinajstić information content (AvgIpc) is 3.31. The Balaban J connectivity index is 1.43. The molecule has 0 saturated carbocycles. The average molecular weight is 446 g/mol. The smallest absolute Gasteiger partial charge is 0.143 e. The van der Waals surface area contributed by atoms with Crippen LogP contribution in [0.15, 0.2) is 103 Å². The van der Waals surface area contributed by atoms with Crippen molar-refractivity contribution in [2.24, 2.45) is 0 Å². The van der Waals surface area contributed by atoms with E-state index in [9.17, 15) is 5.11 Å². The molecule has 158 valence electrons. The summed E-state index contributed by atoms with van der Waals surface area (Å²) in [6, 6.07) is 30.4. The predicted octanol–water partition coefficient (Wildman–Crippen LogP) is 7.63. The van der Waals surface area contributed by atoms with Crippen LogP contribution in [0.25, 0.3) is 43.2 Å². The number of aromatic hydroxyl groups is 1. The number of hydrogen-bond donors (Lipinski definition) is 2. The lowest BCUT2D eigenvalue weighted by Crippen LogP contribution is -1.96. The van der Waals surface area contributed by atoms with E-state index < -0.39 is 0 Å². The van der Waals surface area contributed by atoms with E-state index in [1.54, 1.807) is 23.7 Å². The van der Waals surface area contributed by atoms with Crippen LogP contribution in [0.4, 0.5) is 11.5 Å². The van der Waals surface area contributed by atoms with Crippen LogP contribution >= 0.6 is 11.3 Å². The first-order chi connectivity index (χ1) is 16.3. The Kier molecular flexibility index (Phi) is 4.74. The molecule has 2 aromatic heterocycles. The molecule has 33 heavy (non-hydrogen) atoms. The monoisotopic (exact) mass is 445 g/mol. The highest BCUT2D eigenvalue weighted by molar-refractivity contribution is 7.17. The molecule has 0 spiro atoms. The number of nitrogens with one attached hydrogen (secondary N) is 1. The SMILES string of the molecule is Oc1cccc2c(Nc3ncnc4scc(-c5ccc(-c6ccccc6)cc5)c34)cccc12. The Morgan fingerprint density at radius 3 is 2.24 bits per heavy atom. The van der Waals surface area contributed by atoms with Crippen LogP contribution in [0, 0.1) is 0 Å². The molecule has 4 aromatic carbocycles. The quantitative estimate of drug-likeness (QED) is 0.293. The highest BCUT2D eigenvalue weighted by Gasteiger charge is 2.15. The molecule has 0 unspecified atom stereocenters. The molecule has 0 fully saturated rings. The van der Waals surface area contributed by atoms with Gasteiger partial charge in [0.15, 0.2) is 0 Å². The number of phenols is 1. The number of benzene rings is 4. The van der Waals surface area contributed by atoms with E-state index in [1.165, 1.54) is 11.1 Å². The maximum atomic E-state index is 10.2. The predicted molar refractivity (Wildman–Crippen MR) is 137 cm³/mol. The Morgan fingerprint density at radius 2 is 1.39 bits per heavy atom. The molecule has 5 heteroatoms. The van der Waals surface area contributed by atoms with Gasteiger partial charge >= 0.3 is 0 Å². The van der Waals surface area contributed by atoms with Crippen molar-refractivity contribution in [2.75, 3.05) is 5.32 Å². The summed E-state index contributed by atoms with van der Waals surface area (Å²) in [5.74, 6) is 1.01. The maximum Gasteiger partial charge on any atom is 0.143 e. The molecule has 0 atom stereocenters. The first kappa shape index (κ1) is 19.5. The summed E-state index contributed by atoms with van der Waals surface area (Å²) >= 11 is 1.61. The third-order valence-electron chi connectivity index (χ3n) is 5.83. The third kappa shape index (κ3) is 3.49. The zero-order valence-electron chi connectivity index (χ0n) is 17.6. The molecule has 6 rings (SSSR count). The van der Waals surface area contributed by atoms with E-state index in [4.69, 9.17) is 0 Å². The van der Waals surface area contributed by atoms with E-state index in [0.29, 0.717) is 0 Å². The van der Waals surface area contributed by atoms with E-state index in [2.05, 4.69) is 69.2 Å². The Bertz CT molecular complexity index is 1590. The number of rotatable bonds is 4. The highest BCUT2D eigenvalue weighted by atomic mass is 32.1. The number of thiophene rings is 1. The van der Waals surface area contributed by atoms with Crippen molar-refractivity contribution < 1.29 is 5.11 Å². The van der Waals surface area contributed by atoms with E-state index >= 15 is 0 Å². The molecule has 6 aromatic rings. The van der Waals surface area contributed by atoms with E-state index in [0.717, 1.165) is 43.6 Å². The first-order valence-corrected chi connectivity index (χ1v) is 11.5. The van der Waals surface area contributed by atoms with Gasteiger partial charge in [0.1, 0.15) is 22.7 Å². The van der Waals surface area contributed by atoms with Crippen LogP contribution in [0.1, 0.15) is 0 Å². The molecule has 0 aliphatic heterocycles. The second-order valence-corrected chi connectivity index (χ2v) is 8.66. The zero-order valence-corrected chi connectivity index (χ0v) is 18.4. The van der Waals surface area contributed by atoms with Gasteiger partial charge in [0, 0.05) is 27.4 Å². The van der Waals surface area contributed by atoms with Crippen molar-refractivity contribution >= 4 is 43.8 Å². The summed E-state index contributed by atoms with van der Waals surface area (Å²) in [4.78, 5) is 10.0. The largest absolute Gasteiger partial charge is 0.507 e. The minimum Gasteiger partial charge on any atom is -0.507 e. The summed E-state index contributed by atoms with van der Waals surface area (Å²) in [5.41, 5.74) is 5.49. The standard InChI is InChI=1S/C28H19N3OS/c32-25-11-5-8-21-22(25)9-4-10-24(21)31-27-26-23(16-33-28(26)30-17-29-27)20-14-12-19(13-15-20)18-6-2-1-3-7-18/h1-17,32H,(H,29,30,31). The molecule has 0 amide bonds. The summed E-state index contributed by atoms with van der Waals surface area (Å²) in [6.07, 6.45) is 1.59. The number of fused-ring (bicyclic) bond motifs is 2. The number of nitrogens with zero attached hydrogens (tertiary/aromatic N) is 2.